The highest BCUT2D eigenvalue weighted by molar-refractivity contribution is 7.84. The summed E-state index contributed by atoms with van der Waals surface area (Å²) in [6.45, 7) is 5.40. The fourth-order valence-corrected chi connectivity index (χ4v) is 3.22. The second kappa shape index (κ2) is 5.78. The Balaban J connectivity index is 1.93. The van der Waals surface area contributed by atoms with Gasteiger partial charge in [0.25, 0.3) is 0 Å². The lowest BCUT2D eigenvalue weighted by Crippen LogP contribution is -2.25. The minimum Gasteiger partial charge on any atom is -0.311 e. The molecule has 1 fully saturated rings. The van der Waals surface area contributed by atoms with Gasteiger partial charge in [-0.25, -0.2) is 4.98 Å². The average molecular weight is 255 g/mol. The van der Waals surface area contributed by atoms with Crippen LogP contribution < -0.4 is 0 Å². The van der Waals surface area contributed by atoms with Gasteiger partial charge in [0.1, 0.15) is 0 Å². The van der Waals surface area contributed by atoms with Gasteiger partial charge in [-0.15, -0.1) is 0 Å². The highest BCUT2D eigenvalue weighted by Crippen LogP contribution is 2.21. The summed E-state index contributed by atoms with van der Waals surface area (Å²) in [7, 11) is -0.996. The van der Waals surface area contributed by atoms with E-state index in [1.165, 1.54) is 25.8 Å². The van der Waals surface area contributed by atoms with Gasteiger partial charge in [0.2, 0.25) is 0 Å². The van der Waals surface area contributed by atoms with Crippen LogP contribution in [0.2, 0.25) is 0 Å². The van der Waals surface area contributed by atoms with Crippen LogP contribution in [0.3, 0.4) is 0 Å². The topological polar surface area (TPSA) is 38.1 Å². The average Bonchev–Trinajstić information content (AvgIpc) is 2.89. The molecule has 2 heterocycles. The van der Waals surface area contributed by atoms with Crippen molar-refractivity contribution >= 4 is 10.8 Å². The van der Waals surface area contributed by atoms with Crippen LogP contribution >= 0.6 is 0 Å². The van der Waals surface area contributed by atoms with E-state index in [4.69, 9.17) is 0 Å². The summed E-state index contributed by atoms with van der Waals surface area (Å²) in [5.41, 5.74) is 0. The maximum Gasteiger partial charge on any atom is 0.199 e. The monoisotopic (exact) mass is 255 g/mol. The standard InChI is InChI=1S/C12H21N3OS/c1-3-4-11-5-7-14(9-11)10-15-8-6-13-12(15)17(2)16/h6,8,11H,3-5,7,9-10H2,1-2H3. The van der Waals surface area contributed by atoms with Crippen molar-refractivity contribution in [3.05, 3.63) is 12.4 Å². The van der Waals surface area contributed by atoms with Gasteiger partial charge in [-0.3, -0.25) is 9.11 Å². The van der Waals surface area contributed by atoms with E-state index in [2.05, 4.69) is 16.8 Å². The molecule has 5 heteroatoms. The Morgan fingerprint density at radius 1 is 1.59 bits per heavy atom. The maximum atomic E-state index is 11.5. The van der Waals surface area contributed by atoms with E-state index in [0.717, 1.165) is 19.1 Å². The third-order valence-electron chi connectivity index (χ3n) is 3.35. The number of likely N-dealkylation sites (tertiary alicyclic amines) is 1. The molecule has 4 nitrogen and oxygen atoms in total. The molecule has 2 atom stereocenters. The molecule has 1 aliphatic heterocycles. The Kier molecular flexibility index (Phi) is 4.34. The lowest BCUT2D eigenvalue weighted by atomic mass is 10.0. The second-order valence-corrected chi connectivity index (χ2v) is 6.07. The van der Waals surface area contributed by atoms with Crippen molar-refractivity contribution < 1.29 is 4.21 Å². The fourth-order valence-electron chi connectivity index (χ4n) is 2.56. The van der Waals surface area contributed by atoms with E-state index < -0.39 is 10.8 Å². The first-order chi connectivity index (χ1) is 8.20. The van der Waals surface area contributed by atoms with Crippen LogP contribution in [0.1, 0.15) is 26.2 Å². The maximum absolute atomic E-state index is 11.5. The van der Waals surface area contributed by atoms with Crippen LogP contribution in [-0.2, 0) is 17.5 Å². The van der Waals surface area contributed by atoms with E-state index in [9.17, 15) is 4.21 Å². The van der Waals surface area contributed by atoms with Crippen molar-refractivity contribution in [1.29, 1.82) is 0 Å². The number of hydrogen-bond donors (Lipinski definition) is 0. The van der Waals surface area contributed by atoms with Crippen molar-refractivity contribution in [2.75, 3.05) is 19.3 Å². The van der Waals surface area contributed by atoms with Crippen molar-refractivity contribution in [2.24, 2.45) is 5.92 Å². The van der Waals surface area contributed by atoms with Gasteiger partial charge in [0.15, 0.2) is 5.16 Å². The summed E-state index contributed by atoms with van der Waals surface area (Å²) >= 11 is 0. The third-order valence-corrected chi connectivity index (χ3v) is 4.21. The van der Waals surface area contributed by atoms with Gasteiger partial charge >= 0.3 is 0 Å². The number of nitrogens with zero attached hydrogens (tertiary/aromatic N) is 3. The first kappa shape index (κ1) is 12.8. The number of aromatic nitrogens is 2. The zero-order chi connectivity index (χ0) is 12.3. The highest BCUT2D eigenvalue weighted by atomic mass is 32.2. The van der Waals surface area contributed by atoms with Gasteiger partial charge in [-0.2, -0.15) is 0 Å². The molecule has 0 saturated carbocycles. The predicted octanol–water partition coefficient (Wildman–Crippen LogP) is 1.70. The number of rotatable bonds is 5. The van der Waals surface area contributed by atoms with Crippen molar-refractivity contribution in [2.45, 2.75) is 38.0 Å². The summed E-state index contributed by atoms with van der Waals surface area (Å²) < 4.78 is 13.5. The summed E-state index contributed by atoms with van der Waals surface area (Å²) in [4.78, 5) is 6.58. The molecular formula is C12H21N3OS. The summed E-state index contributed by atoms with van der Waals surface area (Å²) in [6, 6.07) is 0. The molecule has 1 saturated heterocycles. The van der Waals surface area contributed by atoms with Crippen LogP contribution in [0.4, 0.5) is 0 Å². The van der Waals surface area contributed by atoms with Crippen molar-refractivity contribution in [1.82, 2.24) is 14.5 Å². The summed E-state index contributed by atoms with van der Waals surface area (Å²) in [5.74, 6) is 0.846. The Morgan fingerprint density at radius 2 is 2.41 bits per heavy atom. The number of hydrogen-bond acceptors (Lipinski definition) is 3. The van der Waals surface area contributed by atoms with E-state index in [1.807, 2.05) is 10.8 Å². The second-order valence-electron chi connectivity index (χ2n) is 4.80. The van der Waals surface area contributed by atoms with Crippen LogP contribution in [0.5, 0.6) is 0 Å². The molecule has 0 aromatic carbocycles. The molecule has 1 aromatic heterocycles. The zero-order valence-electron chi connectivity index (χ0n) is 10.6. The Hall–Kier alpha value is -0.680. The molecule has 2 unspecified atom stereocenters. The minimum absolute atomic E-state index is 0.684. The normalized spacial score (nSPS) is 23.1. The SMILES string of the molecule is CCCC1CCN(Cn2ccnc2S(C)=O)C1. The van der Waals surface area contributed by atoms with Gasteiger partial charge in [0, 0.05) is 31.7 Å². The largest absolute Gasteiger partial charge is 0.311 e. The lowest BCUT2D eigenvalue weighted by Gasteiger charge is -2.17. The molecular weight excluding hydrogens is 234 g/mol. The molecule has 17 heavy (non-hydrogen) atoms. The zero-order valence-corrected chi connectivity index (χ0v) is 11.4. The molecule has 0 aliphatic carbocycles. The molecule has 0 spiro atoms. The molecule has 1 aliphatic rings. The van der Waals surface area contributed by atoms with Gasteiger partial charge in [-0.1, -0.05) is 13.3 Å². The molecule has 96 valence electrons. The molecule has 1 aromatic rings. The van der Waals surface area contributed by atoms with Gasteiger partial charge in [-0.05, 0) is 18.8 Å². The Bertz CT molecular complexity index is 391. The molecule has 0 radical (unpaired) electrons. The molecule has 0 amide bonds. The first-order valence-electron chi connectivity index (χ1n) is 6.27. The minimum atomic E-state index is -0.996. The Labute approximate surface area is 105 Å². The highest BCUT2D eigenvalue weighted by Gasteiger charge is 2.22. The third kappa shape index (κ3) is 3.16. The van der Waals surface area contributed by atoms with Crippen molar-refractivity contribution in [3.8, 4) is 0 Å². The van der Waals surface area contributed by atoms with Crippen LogP contribution in [0, 0.1) is 5.92 Å². The number of imidazole rings is 1. The van der Waals surface area contributed by atoms with E-state index in [-0.39, 0.29) is 0 Å². The first-order valence-corrected chi connectivity index (χ1v) is 7.83. The molecule has 2 rings (SSSR count). The smallest absolute Gasteiger partial charge is 0.199 e. The van der Waals surface area contributed by atoms with Gasteiger partial charge < -0.3 is 4.57 Å². The van der Waals surface area contributed by atoms with Crippen molar-refractivity contribution in [3.63, 3.8) is 0 Å². The summed E-state index contributed by atoms with van der Waals surface area (Å²) in [5, 5.41) is 0.684. The van der Waals surface area contributed by atoms with E-state index >= 15 is 0 Å². The molecule has 0 bridgehead atoms. The molecule has 0 N–H and O–H groups in total. The predicted molar refractivity (Wildman–Crippen MR) is 69.1 cm³/mol. The van der Waals surface area contributed by atoms with E-state index in [1.54, 1.807) is 12.5 Å². The van der Waals surface area contributed by atoms with Gasteiger partial charge in [0.05, 0.1) is 17.5 Å². The van der Waals surface area contributed by atoms with Crippen LogP contribution in [0.25, 0.3) is 0 Å². The Morgan fingerprint density at radius 3 is 3.12 bits per heavy atom. The van der Waals surface area contributed by atoms with Crippen LogP contribution in [0.15, 0.2) is 17.6 Å². The van der Waals surface area contributed by atoms with Crippen LogP contribution in [-0.4, -0.2) is 38.0 Å². The fraction of sp³-hybridized carbons (Fsp3) is 0.750. The quantitative estimate of drug-likeness (QED) is 0.804. The van der Waals surface area contributed by atoms with E-state index in [0.29, 0.717) is 5.16 Å². The summed E-state index contributed by atoms with van der Waals surface area (Å²) in [6.07, 6.45) is 9.23. The lowest BCUT2D eigenvalue weighted by molar-refractivity contribution is 0.248.